The zero-order valence-electron chi connectivity index (χ0n) is 23.8. The second-order valence-electron chi connectivity index (χ2n) is 12.1. The Morgan fingerprint density at radius 2 is 1.88 bits per heavy atom. The molecular formula is C30H37F4N3O5. The van der Waals surface area contributed by atoms with Crippen LogP contribution in [0.25, 0.3) is 11.0 Å². The number of nitrogens with zero attached hydrogens (tertiary/aromatic N) is 2. The van der Waals surface area contributed by atoms with E-state index in [-0.39, 0.29) is 43.5 Å². The molecule has 230 valence electrons. The highest BCUT2D eigenvalue weighted by Crippen LogP contribution is 2.34. The highest BCUT2D eigenvalue weighted by Gasteiger charge is 2.53. The van der Waals surface area contributed by atoms with Crippen molar-refractivity contribution in [3.05, 3.63) is 35.6 Å². The number of benzene rings is 1. The van der Waals surface area contributed by atoms with Crippen LogP contribution in [0.3, 0.4) is 0 Å². The molecule has 4 atom stereocenters. The van der Waals surface area contributed by atoms with Gasteiger partial charge < -0.3 is 24.3 Å². The second-order valence-corrected chi connectivity index (χ2v) is 12.1. The molecule has 1 aromatic carbocycles. The van der Waals surface area contributed by atoms with E-state index in [0.717, 1.165) is 18.4 Å². The fourth-order valence-electron chi connectivity index (χ4n) is 6.30. The van der Waals surface area contributed by atoms with Crippen molar-refractivity contribution in [1.29, 1.82) is 0 Å². The number of ketones is 1. The van der Waals surface area contributed by atoms with E-state index in [1.165, 1.54) is 4.90 Å². The standard InChI is InChI=1S/C30H37F4N3O5/c1-17(2)12-22(29(40)37-15-21(31)27-26(37)23(38)16-41-27)35-28(39)25-14-19-13-18(5-6-24(19)42-25)4-3-9-36-10-7-20(8-11-36)30(32,33)34/h5-6,13-14,17,20-22,26-27H,3-4,7-12,15-16H2,1-2H3,(H,35,39)/t21-,22-,26+,27+/m0/s1. The van der Waals surface area contributed by atoms with Gasteiger partial charge in [-0.05, 0) is 81.4 Å². The molecule has 4 heterocycles. The number of piperidine rings is 1. The maximum Gasteiger partial charge on any atom is 0.391 e. The van der Waals surface area contributed by atoms with E-state index in [1.807, 2.05) is 26.0 Å². The summed E-state index contributed by atoms with van der Waals surface area (Å²) < 4.78 is 64.2. The van der Waals surface area contributed by atoms with Gasteiger partial charge in [0.1, 0.15) is 36.5 Å². The molecule has 0 saturated carbocycles. The number of amides is 2. The number of hydrogen-bond donors (Lipinski definition) is 1. The first-order valence-electron chi connectivity index (χ1n) is 14.6. The van der Waals surface area contributed by atoms with Crippen LogP contribution in [-0.2, 0) is 20.7 Å². The largest absolute Gasteiger partial charge is 0.451 e. The minimum atomic E-state index is -4.12. The van der Waals surface area contributed by atoms with Crippen LogP contribution in [0.2, 0.25) is 0 Å². The van der Waals surface area contributed by atoms with Gasteiger partial charge >= 0.3 is 6.18 Å². The zero-order valence-corrected chi connectivity index (χ0v) is 23.8. The second kappa shape index (κ2) is 12.3. The van der Waals surface area contributed by atoms with Crippen LogP contribution < -0.4 is 5.32 Å². The number of alkyl halides is 4. The molecule has 3 fully saturated rings. The van der Waals surface area contributed by atoms with Crippen LogP contribution >= 0.6 is 0 Å². The summed E-state index contributed by atoms with van der Waals surface area (Å²) >= 11 is 0. The van der Waals surface area contributed by atoms with E-state index in [2.05, 4.69) is 10.2 Å². The Morgan fingerprint density at radius 3 is 2.57 bits per heavy atom. The first kappa shape index (κ1) is 30.5. The lowest BCUT2D eigenvalue weighted by Crippen LogP contribution is -2.52. The Balaban J connectivity index is 1.19. The van der Waals surface area contributed by atoms with Gasteiger partial charge in [-0.25, -0.2) is 4.39 Å². The van der Waals surface area contributed by atoms with Crippen LogP contribution in [0.15, 0.2) is 28.7 Å². The first-order chi connectivity index (χ1) is 19.9. The molecule has 3 aliphatic rings. The summed E-state index contributed by atoms with van der Waals surface area (Å²) in [6.07, 6.45) is -4.46. The number of likely N-dealkylation sites (tertiary alicyclic amines) is 2. The number of carbonyl (C=O) groups excluding carboxylic acids is 3. The summed E-state index contributed by atoms with van der Waals surface area (Å²) in [6.45, 7) is 4.91. The van der Waals surface area contributed by atoms with E-state index in [9.17, 15) is 31.9 Å². The molecule has 5 rings (SSSR count). The number of rotatable bonds is 9. The summed E-state index contributed by atoms with van der Waals surface area (Å²) in [4.78, 5) is 42.2. The molecule has 1 aromatic heterocycles. The van der Waals surface area contributed by atoms with E-state index in [0.29, 0.717) is 37.0 Å². The molecule has 0 spiro atoms. The van der Waals surface area contributed by atoms with Crippen LogP contribution in [0, 0.1) is 11.8 Å². The van der Waals surface area contributed by atoms with Gasteiger partial charge in [-0.1, -0.05) is 19.9 Å². The highest BCUT2D eigenvalue weighted by molar-refractivity contribution is 6.00. The molecule has 1 N–H and O–H groups in total. The number of furan rings is 1. The fourth-order valence-corrected chi connectivity index (χ4v) is 6.30. The van der Waals surface area contributed by atoms with E-state index < -0.39 is 48.3 Å². The Hall–Kier alpha value is -2.99. The maximum atomic E-state index is 14.5. The number of hydrogen-bond acceptors (Lipinski definition) is 6. The predicted octanol–water partition coefficient (Wildman–Crippen LogP) is 4.30. The summed E-state index contributed by atoms with van der Waals surface area (Å²) in [5.74, 6) is -2.60. The Labute approximate surface area is 241 Å². The summed E-state index contributed by atoms with van der Waals surface area (Å²) in [5.41, 5.74) is 1.52. The van der Waals surface area contributed by atoms with E-state index >= 15 is 0 Å². The molecule has 0 bridgehead atoms. The quantitative estimate of drug-likeness (QED) is 0.435. The van der Waals surface area contributed by atoms with Gasteiger partial charge in [0.15, 0.2) is 11.5 Å². The maximum absolute atomic E-state index is 14.5. The van der Waals surface area contributed by atoms with Crippen molar-refractivity contribution in [2.45, 2.75) is 76.5 Å². The van der Waals surface area contributed by atoms with Crippen molar-refractivity contribution in [1.82, 2.24) is 15.1 Å². The number of fused-ring (bicyclic) bond motifs is 2. The van der Waals surface area contributed by atoms with Gasteiger partial charge in [-0.2, -0.15) is 13.2 Å². The number of aryl methyl sites for hydroxylation is 1. The van der Waals surface area contributed by atoms with Crippen LogP contribution in [0.4, 0.5) is 17.6 Å². The monoisotopic (exact) mass is 595 g/mol. The third kappa shape index (κ3) is 6.64. The average molecular weight is 596 g/mol. The SMILES string of the molecule is CC(C)C[C@H](NC(=O)c1cc2cc(CCCN3CCC(C(F)(F)F)CC3)ccc2o1)C(=O)N1C[C@H](F)[C@H]2OCC(=O)[C@H]21. The van der Waals surface area contributed by atoms with Crippen LogP contribution in [0.5, 0.6) is 0 Å². The summed E-state index contributed by atoms with van der Waals surface area (Å²) in [5, 5.41) is 3.45. The number of ether oxygens (including phenoxy) is 1. The molecule has 0 aliphatic carbocycles. The first-order valence-corrected chi connectivity index (χ1v) is 14.6. The topological polar surface area (TPSA) is 92.1 Å². The molecule has 12 heteroatoms. The molecule has 2 amide bonds. The summed E-state index contributed by atoms with van der Waals surface area (Å²) in [6, 6.07) is 5.23. The fraction of sp³-hybridized carbons (Fsp3) is 0.633. The molecule has 0 radical (unpaired) electrons. The number of halogens is 4. The lowest BCUT2D eigenvalue weighted by atomic mass is 9.96. The van der Waals surface area contributed by atoms with Gasteiger partial charge in [0.25, 0.3) is 5.91 Å². The Kier molecular flexibility index (Phi) is 8.94. The predicted molar refractivity (Wildman–Crippen MR) is 146 cm³/mol. The molecule has 0 unspecified atom stereocenters. The van der Waals surface area contributed by atoms with Crippen molar-refractivity contribution in [2.24, 2.45) is 11.8 Å². The van der Waals surface area contributed by atoms with Crippen LogP contribution in [-0.4, -0.2) is 90.7 Å². The molecule has 42 heavy (non-hydrogen) atoms. The number of Topliss-reactive ketones (excluding diaryl/α,β-unsaturated/α-hetero) is 1. The van der Waals surface area contributed by atoms with Crippen molar-refractivity contribution < 1.29 is 41.1 Å². The molecule has 8 nitrogen and oxygen atoms in total. The van der Waals surface area contributed by atoms with Gasteiger partial charge in [-0.3, -0.25) is 14.4 Å². The molecular weight excluding hydrogens is 558 g/mol. The van der Waals surface area contributed by atoms with Gasteiger partial charge in [0.2, 0.25) is 5.91 Å². The third-order valence-corrected chi connectivity index (χ3v) is 8.51. The molecule has 3 aliphatic heterocycles. The number of carbonyl (C=O) groups is 3. The van der Waals surface area contributed by atoms with Gasteiger partial charge in [-0.15, -0.1) is 0 Å². The minimum absolute atomic E-state index is 0.0270. The summed E-state index contributed by atoms with van der Waals surface area (Å²) in [7, 11) is 0. The van der Waals surface area contributed by atoms with Gasteiger partial charge in [0, 0.05) is 5.39 Å². The average Bonchev–Trinajstić information content (AvgIpc) is 3.62. The van der Waals surface area contributed by atoms with E-state index in [4.69, 9.17) is 9.15 Å². The van der Waals surface area contributed by atoms with Gasteiger partial charge in [0.05, 0.1) is 12.5 Å². The van der Waals surface area contributed by atoms with Crippen LogP contribution in [0.1, 0.15) is 55.6 Å². The normalized spacial score (nSPS) is 24.5. The number of nitrogens with one attached hydrogen (secondary N) is 1. The Morgan fingerprint density at radius 1 is 1.14 bits per heavy atom. The highest BCUT2D eigenvalue weighted by atomic mass is 19.4. The third-order valence-electron chi connectivity index (χ3n) is 8.51. The smallest absolute Gasteiger partial charge is 0.391 e. The zero-order chi connectivity index (χ0) is 30.2. The Bertz CT molecular complexity index is 1300. The lowest BCUT2D eigenvalue weighted by Gasteiger charge is -2.32. The molecule has 3 saturated heterocycles. The van der Waals surface area contributed by atoms with Crippen molar-refractivity contribution in [3.63, 3.8) is 0 Å². The lowest BCUT2D eigenvalue weighted by molar-refractivity contribution is -0.185. The van der Waals surface area contributed by atoms with Crippen molar-refractivity contribution in [3.8, 4) is 0 Å². The van der Waals surface area contributed by atoms with Crippen molar-refractivity contribution in [2.75, 3.05) is 32.8 Å². The minimum Gasteiger partial charge on any atom is -0.451 e. The molecule has 2 aromatic rings. The van der Waals surface area contributed by atoms with E-state index in [1.54, 1.807) is 12.1 Å². The van der Waals surface area contributed by atoms with Crippen molar-refractivity contribution >= 4 is 28.6 Å².